The number of nitrogens with one attached hydrogen (secondary N) is 4. The summed E-state index contributed by atoms with van der Waals surface area (Å²) in [6.07, 6.45) is 7.44. The summed E-state index contributed by atoms with van der Waals surface area (Å²) in [6, 6.07) is 0.562. The number of carbonyl (C=O) groups is 3. The van der Waals surface area contributed by atoms with Crippen molar-refractivity contribution in [2.45, 2.75) is 50.6 Å². The number of hydrogen-bond donors (Lipinski definition) is 4. The number of nitrogens with zero attached hydrogens (tertiary/aromatic N) is 2. The first-order valence-electron chi connectivity index (χ1n) is 9.34. The summed E-state index contributed by atoms with van der Waals surface area (Å²) in [5.41, 5.74) is 0. The minimum absolute atomic E-state index is 0.0728. The summed E-state index contributed by atoms with van der Waals surface area (Å²) >= 11 is 0. The van der Waals surface area contributed by atoms with E-state index in [1.165, 1.54) is 12.4 Å². The molecule has 0 spiro atoms. The molecule has 1 aliphatic carbocycles. The Balaban J connectivity index is 1.59. The molecule has 9 nitrogen and oxygen atoms in total. The summed E-state index contributed by atoms with van der Waals surface area (Å²) in [6.45, 7) is 0.654. The summed E-state index contributed by atoms with van der Waals surface area (Å²) in [5, 5.41) is 17.6. The smallest absolute Gasteiger partial charge is 0.287 e. The zero-order valence-corrected chi connectivity index (χ0v) is 15.0. The van der Waals surface area contributed by atoms with Gasteiger partial charge in [0.2, 0.25) is 11.8 Å². The van der Waals surface area contributed by atoms with Crippen LogP contribution in [0.4, 0.5) is 0 Å². The second kappa shape index (κ2) is 8.66. The van der Waals surface area contributed by atoms with E-state index < -0.39 is 23.9 Å². The maximum Gasteiger partial charge on any atom is 0.287 e. The molecule has 3 amide bonds. The Morgan fingerprint density at radius 2 is 2.11 bits per heavy atom. The lowest BCUT2D eigenvalue weighted by Crippen LogP contribution is -2.50. The Labute approximate surface area is 157 Å². The van der Waals surface area contributed by atoms with Crippen LogP contribution in [0.5, 0.6) is 0 Å². The van der Waals surface area contributed by atoms with Crippen molar-refractivity contribution in [2.24, 2.45) is 11.8 Å². The van der Waals surface area contributed by atoms with Crippen LogP contribution in [0.2, 0.25) is 0 Å². The number of aromatic nitrogens is 2. The van der Waals surface area contributed by atoms with Crippen LogP contribution >= 0.6 is 0 Å². The summed E-state index contributed by atoms with van der Waals surface area (Å²) in [5.74, 6) is -0.660. The molecule has 1 aromatic rings. The Bertz CT molecular complexity index is 722. The Morgan fingerprint density at radius 1 is 1.30 bits per heavy atom. The third kappa shape index (κ3) is 5.29. The Hall–Kier alpha value is -2.89. The van der Waals surface area contributed by atoms with Crippen LogP contribution in [0.3, 0.4) is 0 Å². The van der Waals surface area contributed by atoms with Crippen LogP contribution in [0.1, 0.15) is 49.1 Å². The molecule has 3 rings (SSSR count). The molecule has 1 saturated heterocycles. The molecule has 9 heteroatoms. The Kier molecular flexibility index (Phi) is 6.06. The first-order chi connectivity index (χ1) is 13.1. The fourth-order valence-corrected chi connectivity index (χ4v) is 3.30. The molecule has 2 aliphatic rings. The minimum Gasteiger partial charge on any atom is -0.356 e. The van der Waals surface area contributed by atoms with Crippen molar-refractivity contribution in [2.75, 3.05) is 6.54 Å². The highest BCUT2D eigenvalue weighted by Crippen LogP contribution is 2.33. The third-order valence-corrected chi connectivity index (χ3v) is 4.99. The van der Waals surface area contributed by atoms with E-state index in [4.69, 9.17) is 0 Å². The molecule has 144 valence electrons. The number of imidazole rings is 1. The van der Waals surface area contributed by atoms with E-state index in [0.29, 0.717) is 25.3 Å². The van der Waals surface area contributed by atoms with Crippen LogP contribution in [0.25, 0.3) is 0 Å². The molecule has 0 bridgehead atoms. The largest absolute Gasteiger partial charge is 0.356 e. The van der Waals surface area contributed by atoms with Crippen molar-refractivity contribution in [3.05, 3.63) is 18.2 Å². The first kappa shape index (κ1) is 18.9. The van der Waals surface area contributed by atoms with Crippen molar-refractivity contribution >= 4 is 17.7 Å². The number of rotatable bonds is 8. The lowest BCUT2D eigenvalue weighted by atomic mass is 9.92. The van der Waals surface area contributed by atoms with E-state index in [2.05, 4.69) is 32.0 Å². The molecule has 0 aromatic carbocycles. The highest BCUT2D eigenvalue weighted by Gasteiger charge is 2.33. The molecule has 3 atom stereocenters. The van der Waals surface area contributed by atoms with Crippen molar-refractivity contribution in [1.29, 1.82) is 5.26 Å². The van der Waals surface area contributed by atoms with Gasteiger partial charge >= 0.3 is 0 Å². The SMILES string of the molecule is N#CC(CC1CCCNC1=O)NC(=O)C(CC1CC1)NC(=O)c1ncc[nH]1. The van der Waals surface area contributed by atoms with Crippen LogP contribution in [0.15, 0.2) is 12.4 Å². The van der Waals surface area contributed by atoms with E-state index in [9.17, 15) is 19.6 Å². The minimum atomic E-state index is -0.770. The number of H-pyrrole nitrogens is 1. The van der Waals surface area contributed by atoms with Crippen LogP contribution in [0, 0.1) is 23.2 Å². The molecule has 2 heterocycles. The fourth-order valence-electron chi connectivity index (χ4n) is 3.30. The predicted molar refractivity (Wildman–Crippen MR) is 95.1 cm³/mol. The van der Waals surface area contributed by atoms with Gasteiger partial charge in [0.1, 0.15) is 12.1 Å². The molecule has 1 saturated carbocycles. The standard InChI is InChI=1S/C18H24N6O3/c19-10-13(9-12-2-1-5-22-16(12)25)23-17(26)14(8-11-3-4-11)24-18(27)15-20-6-7-21-15/h6-7,11-14H,1-5,8-9H2,(H,20,21)(H,22,25)(H,23,26)(H,24,27). The van der Waals surface area contributed by atoms with E-state index in [1.54, 1.807) is 0 Å². The number of amides is 3. The van der Waals surface area contributed by atoms with Gasteiger partial charge in [0.05, 0.1) is 6.07 Å². The predicted octanol–water partition coefficient (Wildman–Crippen LogP) is 0.233. The number of aromatic amines is 1. The van der Waals surface area contributed by atoms with E-state index in [-0.39, 0.29) is 24.1 Å². The van der Waals surface area contributed by atoms with Gasteiger partial charge in [-0.1, -0.05) is 12.8 Å². The van der Waals surface area contributed by atoms with Gasteiger partial charge in [-0.3, -0.25) is 14.4 Å². The lowest BCUT2D eigenvalue weighted by Gasteiger charge is -2.25. The van der Waals surface area contributed by atoms with Crippen molar-refractivity contribution in [3.63, 3.8) is 0 Å². The highest BCUT2D eigenvalue weighted by molar-refractivity contribution is 5.95. The number of carbonyl (C=O) groups excluding carboxylic acids is 3. The van der Waals surface area contributed by atoms with Crippen molar-refractivity contribution < 1.29 is 14.4 Å². The van der Waals surface area contributed by atoms with Crippen LogP contribution in [-0.2, 0) is 9.59 Å². The normalized spacial score (nSPS) is 21.4. The zero-order valence-electron chi connectivity index (χ0n) is 15.0. The van der Waals surface area contributed by atoms with Gasteiger partial charge in [-0.25, -0.2) is 4.98 Å². The molecule has 1 aliphatic heterocycles. The van der Waals surface area contributed by atoms with Gasteiger partial charge in [-0.15, -0.1) is 0 Å². The second-order valence-electron chi connectivity index (χ2n) is 7.20. The zero-order chi connectivity index (χ0) is 19.2. The van der Waals surface area contributed by atoms with E-state index in [0.717, 1.165) is 19.3 Å². The summed E-state index contributed by atoms with van der Waals surface area (Å²) < 4.78 is 0. The lowest BCUT2D eigenvalue weighted by molar-refractivity contribution is -0.128. The quantitative estimate of drug-likeness (QED) is 0.517. The third-order valence-electron chi connectivity index (χ3n) is 4.99. The van der Waals surface area contributed by atoms with Gasteiger partial charge in [-0.2, -0.15) is 5.26 Å². The monoisotopic (exact) mass is 372 g/mol. The van der Waals surface area contributed by atoms with Gasteiger partial charge < -0.3 is 20.9 Å². The van der Waals surface area contributed by atoms with Crippen molar-refractivity contribution in [3.8, 4) is 6.07 Å². The molecular formula is C18H24N6O3. The topological polar surface area (TPSA) is 140 Å². The number of piperidine rings is 1. The molecule has 4 N–H and O–H groups in total. The van der Waals surface area contributed by atoms with Gasteiger partial charge in [0.25, 0.3) is 5.91 Å². The fraction of sp³-hybridized carbons (Fsp3) is 0.611. The van der Waals surface area contributed by atoms with Crippen molar-refractivity contribution in [1.82, 2.24) is 25.9 Å². The maximum atomic E-state index is 12.7. The number of nitriles is 1. The molecule has 1 aromatic heterocycles. The van der Waals surface area contributed by atoms with Crippen LogP contribution < -0.4 is 16.0 Å². The van der Waals surface area contributed by atoms with E-state index >= 15 is 0 Å². The molecule has 27 heavy (non-hydrogen) atoms. The van der Waals surface area contributed by atoms with Gasteiger partial charge in [-0.05, 0) is 31.6 Å². The average Bonchev–Trinajstić information content (AvgIpc) is 3.30. The van der Waals surface area contributed by atoms with Crippen LogP contribution in [-0.4, -0.2) is 46.3 Å². The van der Waals surface area contributed by atoms with Gasteiger partial charge in [0.15, 0.2) is 5.82 Å². The Morgan fingerprint density at radius 3 is 2.74 bits per heavy atom. The molecule has 2 fully saturated rings. The summed E-state index contributed by atoms with van der Waals surface area (Å²) in [4.78, 5) is 43.4. The van der Waals surface area contributed by atoms with Gasteiger partial charge in [0, 0.05) is 24.9 Å². The highest BCUT2D eigenvalue weighted by atomic mass is 16.2. The second-order valence-corrected chi connectivity index (χ2v) is 7.20. The first-order valence-corrected chi connectivity index (χ1v) is 9.34. The maximum absolute atomic E-state index is 12.7. The van der Waals surface area contributed by atoms with E-state index in [1.807, 2.05) is 0 Å². The molecule has 3 unspecified atom stereocenters. The average molecular weight is 372 g/mol. The summed E-state index contributed by atoms with van der Waals surface area (Å²) in [7, 11) is 0. The number of hydrogen-bond acceptors (Lipinski definition) is 5. The molecular weight excluding hydrogens is 348 g/mol. The molecule has 0 radical (unpaired) electrons.